The van der Waals surface area contributed by atoms with Crippen molar-refractivity contribution in [2.45, 2.75) is 38.6 Å². The Hall–Kier alpha value is -2.20. The Bertz CT molecular complexity index is 694. The molecule has 2 unspecified atom stereocenters. The van der Waals surface area contributed by atoms with Crippen LogP contribution in [0, 0.1) is 11.8 Å². The minimum atomic E-state index is -0.483. The van der Waals surface area contributed by atoms with Gasteiger partial charge in [-0.25, -0.2) is 4.98 Å². The number of Topliss-reactive ketones (excluding diaryl/α,β-unsaturated/α-hetero) is 1. The molecule has 0 aliphatic heterocycles. The van der Waals surface area contributed by atoms with Gasteiger partial charge in [-0.15, -0.1) is 0 Å². The minimum Gasteiger partial charge on any atom is -0.348 e. The molecule has 0 radical (unpaired) electrons. The van der Waals surface area contributed by atoms with E-state index in [4.69, 9.17) is 5.73 Å². The highest BCUT2D eigenvalue weighted by Gasteiger charge is 2.19. The number of allylic oxidation sites excluding steroid dienone is 8. The highest BCUT2D eigenvalue weighted by Crippen LogP contribution is 2.29. The zero-order chi connectivity index (χ0) is 16.9. The van der Waals surface area contributed by atoms with Crippen LogP contribution in [0.4, 0.5) is 0 Å². The first-order chi connectivity index (χ1) is 11.6. The van der Waals surface area contributed by atoms with E-state index in [1.807, 2.05) is 0 Å². The Morgan fingerprint density at radius 2 is 2.21 bits per heavy atom. The molecule has 1 aromatic rings. The Kier molecular flexibility index (Phi) is 5.26. The van der Waals surface area contributed by atoms with Crippen molar-refractivity contribution in [3.63, 3.8) is 0 Å². The zero-order valence-corrected chi connectivity index (χ0v) is 14.1. The van der Waals surface area contributed by atoms with Crippen molar-refractivity contribution in [1.29, 1.82) is 0 Å². The maximum absolute atomic E-state index is 12.3. The molecular weight excluding hydrogens is 298 g/mol. The second kappa shape index (κ2) is 7.58. The molecule has 0 spiro atoms. The van der Waals surface area contributed by atoms with Crippen molar-refractivity contribution in [3.8, 4) is 0 Å². The summed E-state index contributed by atoms with van der Waals surface area (Å²) >= 11 is 0. The number of imidazole rings is 1. The van der Waals surface area contributed by atoms with E-state index in [1.165, 1.54) is 5.57 Å². The number of rotatable bonds is 6. The van der Waals surface area contributed by atoms with Crippen LogP contribution in [-0.4, -0.2) is 21.8 Å². The maximum atomic E-state index is 12.3. The van der Waals surface area contributed by atoms with E-state index < -0.39 is 6.04 Å². The summed E-state index contributed by atoms with van der Waals surface area (Å²) in [5.74, 6) is 1.15. The van der Waals surface area contributed by atoms with Gasteiger partial charge in [0.25, 0.3) is 0 Å². The summed E-state index contributed by atoms with van der Waals surface area (Å²) in [4.78, 5) is 19.2. The average molecular weight is 323 g/mol. The molecule has 24 heavy (non-hydrogen) atoms. The van der Waals surface area contributed by atoms with Crippen LogP contribution in [0.1, 0.15) is 31.9 Å². The molecule has 4 nitrogen and oxygen atoms in total. The van der Waals surface area contributed by atoms with Crippen molar-refractivity contribution >= 4 is 5.78 Å². The van der Waals surface area contributed by atoms with Gasteiger partial charge < -0.3 is 10.7 Å². The summed E-state index contributed by atoms with van der Waals surface area (Å²) < 4.78 is 0. The third-order valence-electron chi connectivity index (χ3n) is 4.73. The van der Waals surface area contributed by atoms with Crippen molar-refractivity contribution in [3.05, 3.63) is 65.8 Å². The molecule has 0 aromatic carbocycles. The van der Waals surface area contributed by atoms with Crippen LogP contribution in [0.25, 0.3) is 0 Å². The molecule has 3 atom stereocenters. The first-order valence-electron chi connectivity index (χ1n) is 8.63. The van der Waals surface area contributed by atoms with E-state index >= 15 is 0 Å². The highest BCUT2D eigenvalue weighted by atomic mass is 16.1. The molecule has 0 saturated heterocycles. The van der Waals surface area contributed by atoms with Crippen LogP contribution in [-0.2, 0) is 11.2 Å². The van der Waals surface area contributed by atoms with Crippen molar-refractivity contribution in [2.24, 2.45) is 17.6 Å². The molecule has 0 amide bonds. The summed E-state index contributed by atoms with van der Waals surface area (Å²) in [6, 6.07) is -0.483. The molecule has 1 heterocycles. The number of nitrogens with zero attached hydrogens (tertiary/aromatic N) is 1. The molecule has 0 saturated carbocycles. The van der Waals surface area contributed by atoms with Gasteiger partial charge in [0, 0.05) is 30.7 Å². The fourth-order valence-electron chi connectivity index (χ4n) is 3.14. The van der Waals surface area contributed by atoms with E-state index in [2.05, 4.69) is 53.3 Å². The van der Waals surface area contributed by atoms with E-state index in [-0.39, 0.29) is 5.78 Å². The minimum absolute atomic E-state index is 0.0737. The van der Waals surface area contributed by atoms with Crippen molar-refractivity contribution in [1.82, 2.24) is 9.97 Å². The van der Waals surface area contributed by atoms with Crippen LogP contribution in [0.3, 0.4) is 0 Å². The zero-order valence-electron chi connectivity index (χ0n) is 14.1. The second-order valence-corrected chi connectivity index (χ2v) is 6.79. The van der Waals surface area contributed by atoms with Gasteiger partial charge in [-0.05, 0) is 29.9 Å². The molecule has 1 aromatic heterocycles. The third-order valence-corrected chi connectivity index (χ3v) is 4.73. The number of carbonyl (C=O) groups excluding carboxylic acids is 1. The van der Waals surface area contributed by atoms with Gasteiger partial charge in [0.2, 0.25) is 0 Å². The topological polar surface area (TPSA) is 71.8 Å². The summed E-state index contributed by atoms with van der Waals surface area (Å²) in [5, 5.41) is 0. The van der Waals surface area contributed by atoms with Gasteiger partial charge >= 0.3 is 0 Å². The number of H-pyrrole nitrogens is 1. The van der Waals surface area contributed by atoms with Gasteiger partial charge in [0.05, 0.1) is 12.4 Å². The smallest absolute Gasteiger partial charge is 0.154 e. The lowest BCUT2D eigenvalue weighted by Crippen LogP contribution is -2.33. The predicted molar refractivity (Wildman–Crippen MR) is 96.2 cm³/mol. The lowest BCUT2D eigenvalue weighted by atomic mass is 9.84. The van der Waals surface area contributed by atoms with E-state index in [0.29, 0.717) is 24.7 Å². The normalized spacial score (nSPS) is 24.4. The van der Waals surface area contributed by atoms with Crippen LogP contribution in [0.2, 0.25) is 0 Å². The first-order valence-corrected chi connectivity index (χ1v) is 8.63. The Labute approximate surface area is 143 Å². The quantitative estimate of drug-likeness (QED) is 0.844. The number of hydrogen-bond acceptors (Lipinski definition) is 3. The maximum Gasteiger partial charge on any atom is 0.154 e. The molecule has 4 heteroatoms. The molecule has 2 aliphatic rings. The summed E-state index contributed by atoms with van der Waals surface area (Å²) in [6.45, 7) is 2.23. The van der Waals surface area contributed by atoms with Crippen LogP contribution < -0.4 is 5.73 Å². The van der Waals surface area contributed by atoms with Crippen molar-refractivity contribution < 1.29 is 4.79 Å². The largest absolute Gasteiger partial charge is 0.348 e. The molecule has 0 fully saturated rings. The van der Waals surface area contributed by atoms with Crippen LogP contribution in [0.15, 0.2) is 60.1 Å². The fraction of sp³-hybridized carbons (Fsp3) is 0.400. The molecule has 3 rings (SSSR count). The van der Waals surface area contributed by atoms with Gasteiger partial charge in [0.15, 0.2) is 5.78 Å². The van der Waals surface area contributed by atoms with E-state index in [0.717, 1.165) is 24.1 Å². The number of carbonyl (C=O) groups is 1. The predicted octanol–water partition coefficient (Wildman–Crippen LogP) is 3.26. The van der Waals surface area contributed by atoms with E-state index in [1.54, 1.807) is 12.5 Å². The fourth-order valence-corrected chi connectivity index (χ4v) is 3.14. The number of aromatic amines is 1. The third kappa shape index (κ3) is 4.20. The molecule has 2 aliphatic carbocycles. The monoisotopic (exact) mass is 323 g/mol. The lowest BCUT2D eigenvalue weighted by molar-refractivity contribution is -0.119. The number of nitrogens with two attached hydrogens (primary N) is 1. The average Bonchev–Trinajstić information content (AvgIpc) is 3.09. The van der Waals surface area contributed by atoms with Crippen LogP contribution >= 0.6 is 0 Å². The number of hydrogen-bond donors (Lipinski definition) is 2. The molecule has 0 bridgehead atoms. The standard InChI is InChI=1S/C20H25N3O/c1-14-2-6-16(7-3-14)17-8-4-15(5-9-17)10-20(24)19(21)11-18-12-22-13-23-18/h2,4-8,12-14,17,19H,3,9-11,21H2,1H3,(H,22,23)/t14?,17?,19-/m0/s1. The molecule has 126 valence electrons. The van der Waals surface area contributed by atoms with Gasteiger partial charge in [-0.1, -0.05) is 43.4 Å². The first kappa shape index (κ1) is 16.7. The Morgan fingerprint density at radius 3 is 2.83 bits per heavy atom. The molecule has 3 N–H and O–H groups in total. The molecular formula is C20H25N3O. The lowest BCUT2D eigenvalue weighted by Gasteiger charge is -2.21. The van der Waals surface area contributed by atoms with E-state index in [9.17, 15) is 4.79 Å². The second-order valence-electron chi connectivity index (χ2n) is 6.79. The van der Waals surface area contributed by atoms with Crippen LogP contribution in [0.5, 0.6) is 0 Å². The van der Waals surface area contributed by atoms with Gasteiger partial charge in [-0.2, -0.15) is 0 Å². The Balaban J connectivity index is 1.51. The number of nitrogens with one attached hydrogen (secondary N) is 1. The van der Waals surface area contributed by atoms with Crippen molar-refractivity contribution in [2.75, 3.05) is 0 Å². The number of aromatic nitrogens is 2. The SMILES string of the molecule is CC1C=CC(C2C=CC(CC(=O)[C@@H](N)Cc3cnc[nH]3)=CC2)=CC1. The highest BCUT2D eigenvalue weighted by molar-refractivity contribution is 5.86. The summed E-state index contributed by atoms with van der Waals surface area (Å²) in [6.07, 6.45) is 19.6. The number of ketones is 1. The van der Waals surface area contributed by atoms with Gasteiger partial charge in [-0.3, -0.25) is 4.79 Å². The van der Waals surface area contributed by atoms with Gasteiger partial charge in [0.1, 0.15) is 0 Å². The Morgan fingerprint density at radius 1 is 1.33 bits per heavy atom. The summed E-state index contributed by atoms with van der Waals surface area (Å²) in [5.41, 5.74) is 9.38. The summed E-state index contributed by atoms with van der Waals surface area (Å²) in [7, 11) is 0.